The van der Waals surface area contributed by atoms with Crippen molar-refractivity contribution in [1.29, 1.82) is 0 Å². The van der Waals surface area contributed by atoms with E-state index in [9.17, 15) is 9.18 Å². The summed E-state index contributed by atoms with van der Waals surface area (Å²) in [4.78, 5) is 14.9. The highest BCUT2D eigenvalue weighted by Crippen LogP contribution is 2.51. The predicted molar refractivity (Wildman–Crippen MR) is 124 cm³/mol. The first-order valence-electron chi connectivity index (χ1n) is 10.5. The molecule has 0 aromatic heterocycles. The first-order chi connectivity index (χ1) is 15.1. The van der Waals surface area contributed by atoms with E-state index < -0.39 is 29.2 Å². The first kappa shape index (κ1) is 23.3. The van der Waals surface area contributed by atoms with Gasteiger partial charge in [0, 0.05) is 36.1 Å². The van der Waals surface area contributed by atoms with E-state index in [4.69, 9.17) is 25.8 Å². The number of methoxy groups -OCH3 is 1. The molecule has 2 aliphatic heterocycles. The topological polar surface area (TPSA) is 48.0 Å². The van der Waals surface area contributed by atoms with Gasteiger partial charge in [0.05, 0.1) is 23.7 Å². The minimum atomic E-state index is -0.951. The lowest BCUT2D eigenvalue weighted by Gasteiger charge is -2.40. The highest BCUT2D eigenvalue weighted by atomic mass is 79.9. The molecule has 0 N–H and O–H groups in total. The molecule has 1 amide bonds. The number of hydrogen-bond acceptors (Lipinski definition) is 4. The number of amides is 1. The monoisotopic (exact) mass is 525 g/mol. The first-order valence-corrected chi connectivity index (χ1v) is 11.7. The van der Waals surface area contributed by atoms with Crippen molar-refractivity contribution in [1.82, 2.24) is 4.90 Å². The molecular formula is C24H26BrClFNO4. The van der Waals surface area contributed by atoms with Gasteiger partial charge in [-0.2, -0.15) is 0 Å². The summed E-state index contributed by atoms with van der Waals surface area (Å²) < 4.78 is 32.8. The van der Waals surface area contributed by atoms with Crippen LogP contribution >= 0.6 is 27.5 Å². The Labute approximate surface area is 200 Å². The highest BCUT2D eigenvalue weighted by Gasteiger charge is 2.56. The molecule has 4 rings (SSSR count). The number of nitrogens with zero attached hydrogens (tertiary/aromatic N) is 1. The van der Waals surface area contributed by atoms with E-state index in [0.717, 1.165) is 11.1 Å². The minimum Gasteiger partial charge on any atom is -0.480 e. The fourth-order valence-electron chi connectivity index (χ4n) is 4.55. The summed E-state index contributed by atoms with van der Waals surface area (Å²) in [6.45, 7) is 5.88. The van der Waals surface area contributed by atoms with E-state index in [2.05, 4.69) is 15.9 Å². The second-order valence-corrected chi connectivity index (χ2v) is 10.4. The van der Waals surface area contributed by atoms with Crippen LogP contribution in [-0.4, -0.2) is 42.4 Å². The maximum atomic E-state index is 14.4. The number of rotatable bonds is 3. The fourth-order valence-corrected chi connectivity index (χ4v) is 5.25. The van der Waals surface area contributed by atoms with Crippen molar-refractivity contribution in [3.05, 3.63) is 62.8 Å². The zero-order valence-corrected chi connectivity index (χ0v) is 20.8. The van der Waals surface area contributed by atoms with Crippen LogP contribution in [-0.2, 0) is 21.5 Å². The molecular weight excluding hydrogens is 501 g/mol. The molecule has 3 atom stereocenters. The molecule has 0 spiro atoms. The molecule has 2 heterocycles. The number of carbonyl (C=O) groups excluding carboxylic acids is 1. The van der Waals surface area contributed by atoms with Gasteiger partial charge in [-0.1, -0.05) is 41.9 Å². The second kappa shape index (κ2) is 8.50. The van der Waals surface area contributed by atoms with E-state index in [-0.39, 0.29) is 11.1 Å². The third-order valence-corrected chi connectivity index (χ3v) is 7.45. The van der Waals surface area contributed by atoms with Gasteiger partial charge >= 0.3 is 6.09 Å². The van der Waals surface area contributed by atoms with Crippen LogP contribution in [0.2, 0.25) is 5.02 Å². The number of likely N-dealkylation sites (tertiary alicyclic amines) is 1. The van der Waals surface area contributed by atoms with Crippen LogP contribution in [0.4, 0.5) is 9.18 Å². The van der Waals surface area contributed by atoms with E-state index >= 15 is 0 Å². The van der Waals surface area contributed by atoms with Gasteiger partial charge in [0.2, 0.25) is 0 Å². The standard InChI is InChI=1S/C24H26BrClFNO4/c1-23(2,3)32-22(29)28-13-15(30-4)10-19(28)24(14-8-6-5-7-9-14)12-16-18(31-24)11-17(27)21(26)20(16)25/h5-9,11,15,19H,10,12-13H2,1-4H3/t15-,19-,24-/m0/s1. The molecule has 1 fully saturated rings. The Balaban J connectivity index is 1.82. The van der Waals surface area contributed by atoms with Crippen LogP contribution in [0.15, 0.2) is 40.9 Å². The largest absolute Gasteiger partial charge is 0.480 e. The maximum absolute atomic E-state index is 14.4. The molecule has 0 saturated carbocycles. The van der Waals surface area contributed by atoms with Crippen molar-refractivity contribution in [2.45, 2.75) is 57.0 Å². The Bertz CT molecular complexity index is 1030. The summed E-state index contributed by atoms with van der Waals surface area (Å²) in [5.41, 5.74) is 0.0550. The maximum Gasteiger partial charge on any atom is 0.410 e. The molecule has 2 aromatic carbocycles. The van der Waals surface area contributed by atoms with E-state index in [0.29, 0.717) is 29.6 Å². The van der Waals surface area contributed by atoms with Gasteiger partial charge < -0.3 is 14.2 Å². The van der Waals surface area contributed by atoms with Crippen molar-refractivity contribution in [2.75, 3.05) is 13.7 Å². The van der Waals surface area contributed by atoms with Crippen LogP contribution in [0.3, 0.4) is 0 Å². The normalized spacial score (nSPS) is 24.9. The molecule has 1 saturated heterocycles. The van der Waals surface area contributed by atoms with Crippen molar-refractivity contribution in [2.24, 2.45) is 0 Å². The molecule has 172 valence electrons. The van der Waals surface area contributed by atoms with Gasteiger partial charge in [-0.05, 0) is 42.3 Å². The average molecular weight is 527 g/mol. The molecule has 0 bridgehead atoms. The van der Waals surface area contributed by atoms with Gasteiger partial charge in [0.25, 0.3) is 0 Å². The molecule has 8 heteroatoms. The number of ether oxygens (including phenoxy) is 3. The molecule has 32 heavy (non-hydrogen) atoms. The second-order valence-electron chi connectivity index (χ2n) is 9.24. The fraction of sp³-hybridized carbons (Fsp3) is 0.458. The average Bonchev–Trinajstić information content (AvgIpc) is 3.34. The molecule has 5 nitrogen and oxygen atoms in total. The lowest BCUT2D eigenvalue weighted by Crippen LogP contribution is -2.53. The third kappa shape index (κ3) is 4.11. The van der Waals surface area contributed by atoms with Crippen molar-refractivity contribution >= 4 is 33.6 Å². The Morgan fingerprint density at radius 2 is 2.00 bits per heavy atom. The van der Waals surface area contributed by atoms with Crippen molar-refractivity contribution in [3.8, 4) is 5.75 Å². The minimum absolute atomic E-state index is 0.0152. The van der Waals surface area contributed by atoms with Crippen LogP contribution in [0.25, 0.3) is 0 Å². The van der Waals surface area contributed by atoms with Gasteiger partial charge in [-0.25, -0.2) is 9.18 Å². The number of carbonyl (C=O) groups is 1. The van der Waals surface area contributed by atoms with Crippen molar-refractivity contribution in [3.63, 3.8) is 0 Å². The number of benzene rings is 2. The Kier molecular flexibility index (Phi) is 6.20. The molecule has 0 aliphatic carbocycles. The van der Waals surface area contributed by atoms with Crippen molar-refractivity contribution < 1.29 is 23.4 Å². The quantitative estimate of drug-likeness (QED) is 0.454. The number of hydrogen-bond donors (Lipinski definition) is 0. The SMILES string of the molecule is CO[C@H]1C[C@@H]([C@@]2(c3ccccc3)Cc3c(cc(F)c(Cl)c3Br)O2)N(C(=O)OC(C)(C)C)C1. The number of halogens is 3. The summed E-state index contributed by atoms with van der Waals surface area (Å²) in [5.74, 6) is -0.154. The smallest absolute Gasteiger partial charge is 0.410 e. The highest BCUT2D eigenvalue weighted by molar-refractivity contribution is 9.10. The Hall–Kier alpha value is -1.83. The summed E-state index contributed by atoms with van der Waals surface area (Å²) in [6.07, 6.45) is 0.351. The molecule has 0 unspecified atom stereocenters. The van der Waals surface area contributed by atoms with Gasteiger partial charge in [-0.3, -0.25) is 4.90 Å². The predicted octanol–water partition coefficient (Wildman–Crippen LogP) is 6.10. The van der Waals surface area contributed by atoms with E-state index in [1.54, 1.807) is 12.0 Å². The van der Waals surface area contributed by atoms with Gasteiger partial charge in [-0.15, -0.1) is 0 Å². The van der Waals surface area contributed by atoms with Gasteiger partial charge in [0.1, 0.15) is 17.2 Å². The summed E-state index contributed by atoms with van der Waals surface area (Å²) in [7, 11) is 1.63. The van der Waals surface area contributed by atoms with Crippen LogP contribution in [0, 0.1) is 5.82 Å². The lowest BCUT2D eigenvalue weighted by atomic mass is 9.81. The molecule has 2 aromatic rings. The number of fused-ring (bicyclic) bond motifs is 1. The molecule has 2 aliphatic rings. The van der Waals surface area contributed by atoms with Crippen LogP contribution < -0.4 is 4.74 Å². The van der Waals surface area contributed by atoms with Gasteiger partial charge in [0.15, 0.2) is 5.60 Å². The van der Waals surface area contributed by atoms with Crippen LogP contribution in [0.1, 0.15) is 38.3 Å². The molecule has 0 radical (unpaired) electrons. The summed E-state index contributed by atoms with van der Waals surface area (Å²) in [6, 6.07) is 10.6. The Morgan fingerprint density at radius 3 is 2.62 bits per heavy atom. The lowest BCUT2D eigenvalue weighted by molar-refractivity contribution is -0.0216. The van der Waals surface area contributed by atoms with E-state index in [1.165, 1.54) is 6.07 Å². The third-order valence-electron chi connectivity index (χ3n) is 5.98. The van der Waals surface area contributed by atoms with Crippen LogP contribution in [0.5, 0.6) is 5.75 Å². The van der Waals surface area contributed by atoms with E-state index in [1.807, 2.05) is 51.1 Å². The summed E-state index contributed by atoms with van der Waals surface area (Å²) >= 11 is 9.62. The zero-order valence-electron chi connectivity index (χ0n) is 18.5. The summed E-state index contributed by atoms with van der Waals surface area (Å²) in [5, 5.41) is 0.0152. The Morgan fingerprint density at radius 1 is 1.31 bits per heavy atom. The zero-order chi connectivity index (χ0) is 23.3.